The van der Waals surface area contributed by atoms with Crippen molar-refractivity contribution in [2.24, 2.45) is 5.92 Å². The normalized spacial score (nSPS) is 23.1. The molecule has 1 aliphatic rings. The minimum absolute atomic E-state index is 0.175. The zero-order valence-electron chi connectivity index (χ0n) is 10.7. The molecule has 0 radical (unpaired) electrons. The second-order valence-corrected chi connectivity index (χ2v) is 5.95. The smallest absolute Gasteiger partial charge is 0.0928 e. The van der Waals surface area contributed by atoms with Gasteiger partial charge in [0, 0.05) is 18.5 Å². The quantitative estimate of drug-likeness (QED) is 0.876. The van der Waals surface area contributed by atoms with E-state index < -0.39 is 0 Å². The highest BCUT2D eigenvalue weighted by atomic mass is 32.1. The van der Waals surface area contributed by atoms with Gasteiger partial charge in [-0.15, -0.1) is 11.3 Å². The van der Waals surface area contributed by atoms with Crippen molar-refractivity contribution >= 4 is 11.3 Å². The van der Waals surface area contributed by atoms with Gasteiger partial charge in [-0.3, -0.25) is 4.90 Å². The predicted octanol–water partition coefficient (Wildman–Crippen LogP) is 2.30. The number of nitrogens with zero attached hydrogens (tertiary/aromatic N) is 2. The topological polar surface area (TPSA) is 36.4 Å². The van der Waals surface area contributed by atoms with Gasteiger partial charge in [0.15, 0.2) is 0 Å². The second-order valence-electron chi connectivity index (χ2n) is 5.01. The van der Waals surface area contributed by atoms with Crippen LogP contribution in [0.15, 0.2) is 5.38 Å². The molecule has 0 saturated carbocycles. The molecule has 1 aliphatic heterocycles. The van der Waals surface area contributed by atoms with Crippen molar-refractivity contribution in [1.82, 2.24) is 9.88 Å². The first-order valence-electron chi connectivity index (χ1n) is 6.52. The predicted molar refractivity (Wildman–Crippen MR) is 71.2 cm³/mol. The Bertz CT molecular complexity index is 351. The Morgan fingerprint density at radius 1 is 1.65 bits per heavy atom. The van der Waals surface area contributed by atoms with Crippen molar-refractivity contribution in [3.05, 3.63) is 16.1 Å². The van der Waals surface area contributed by atoms with Crippen LogP contribution in [0.25, 0.3) is 0 Å². The Morgan fingerprint density at radius 2 is 2.47 bits per heavy atom. The summed E-state index contributed by atoms with van der Waals surface area (Å²) in [6.45, 7) is 7.14. The van der Waals surface area contributed by atoms with Gasteiger partial charge in [0.05, 0.1) is 16.8 Å². The molecule has 17 heavy (non-hydrogen) atoms. The van der Waals surface area contributed by atoms with Crippen LogP contribution in [0.5, 0.6) is 0 Å². The second kappa shape index (κ2) is 5.94. The number of aliphatic hydroxyl groups is 1. The number of thiazole rings is 1. The number of aromatic nitrogens is 1. The largest absolute Gasteiger partial charge is 0.393 e. The molecule has 1 aromatic heterocycles. The first kappa shape index (κ1) is 13.0. The number of aliphatic hydroxyl groups excluding tert-OH is 1. The van der Waals surface area contributed by atoms with E-state index >= 15 is 0 Å². The van der Waals surface area contributed by atoms with E-state index in [0.29, 0.717) is 5.92 Å². The highest BCUT2D eigenvalue weighted by Crippen LogP contribution is 2.22. The molecule has 0 amide bonds. The lowest BCUT2D eigenvalue weighted by Crippen LogP contribution is -2.24. The van der Waals surface area contributed by atoms with Crippen molar-refractivity contribution in [3.63, 3.8) is 0 Å². The van der Waals surface area contributed by atoms with Gasteiger partial charge < -0.3 is 5.11 Å². The van der Waals surface area contributed by atoms with Gasteiger partial charge in [0.1, 0.15) is 0 Å². The van der Waals surface area contributed by atoms with Crippen LogP contribution in [0.2, 0.25) is 0 Å². The molecule has 2 atom stereocenters. The third kappa shape index (κ3) is 3.50. The lowest BCUT2D eigenvalue weighted by atomic mass is 10.0. The Balaban J connectivity index is 1.84. The molecule has 1 saturated heterocycles. The third-order valence-electron chi connectivity index (χ3n) is 3.44. The molecule has 4 heteroatoms. The van der Waals surface area contributed by atoms with Crippen molar-refractivity contribution in [2.45, 2.75) is 45.8 Å². The average molecular weight is 254 g/mol. The van der Waals surface area contributed by atoms with Gasteiger partial charge in [-0.2, -0.15) is 0 Å². The lowest BCUT2D eigenvalue weighted by Gasteiger charge is -2.16. The average Bonchev–Trinajstić information content (AvgIpc) is 2.89. The SMILES string of the molecule is CCCc1nc(CN2CCC(C(C)O)C2)cs1. The minimum Gasteiger partial charge on any atom is -0.393 e. The van der Waals surface area contributed by atoms with Crippen LogP contribution < -0.4 is 0 Å². The summed E-state index contributed by atoms with van der Waals surface area (Å²) in [7, 11) is 0. The lowest BCUT2D eigenvalue weighted by molar-refractivity contribution is 0.127. The Hall–Kier alpha value is -0.450. The molecule has 3 nitrogen and oxygen atoms in total. The molecular weight excluding hydrogens is 232 g/mol. The highest BCUT2D eigenvalue weighted by molar-refractivity contribution is 7.09. The first-order valence-corrected chi connectivity index (χ1v) is 7.40. The zero-order chi connectivity index (χ0) is 12.3. The first-order chi connectivity index (χ1) is 8.19. The molecule has 1 aromatic rings. The van der Waals surface area contributed by atoms with Crippen LogP contribution >= 0.6 is 11.3 Å². The van der Waals surface area contributed by atoms with Gasteiger partial charge in [-0.1, -0.05) is 6.92 Å². The van der Waals surface area contributed by atoms with Crippen LogP contribution in [0.3, 0.4) is 0 Å². The monoisotopic (exact) mass is 254 g/mol. The van der Waals surface area contributed by atoms with Crippen molar-refractivity contribution < 1.29 is 5.11 Å². The van der Waals surface area contributed by atoms with E-state index in [0.717, 1.165) is 32.5 Å². The number of likely N-dealkylation sites (tertiary alicyclic amines) is 1. The van der Waals surface area contributed by atoms with Gasteiger partial charge in [-0.25, -0.2) is 4.98 Å². The van der Waals surface area contributed by atoms with E-state index in [2.05, 4.69) is 22.2 Å². The number of aryl methyl sites for hydroxylation is 1. The Labute approximate surface area is 107 Å². The summed E-state index contributed by atoms with van der Waals surface area (Å²) in [6, 6.07) is 0. The Kier molecular flexibility index (Phi) is 4.54. The number of hydrogen-bond donors (Lipinski definition) is 1. The van der Waals surface area contributed by atoms with E-state index in [1.807, 2.05) is 6.92 Å². The van der Waals surface area contributed by atoms with Crippen LogP contribution in [-0.2, 0) is 13.0 Å². The molecule has 2 rings (SSSR count). The fourth-order valence-corrected chi connectivity index (χ4v) is 3.27. The van der Waals surface area contributed by atoms with Gasteiger partial charge in [0.25, 0.3) is 0 Å². The molecule has 0 bridgehead atoms. The van der Waals surface area contributed by atoms with Gasteiger partial charge >= 0.3 is 0 Å². The molecule has 1 fully saturated rings. The van der Waals surface area contributed by atoms with Crippen LogP contribution in [0.1, 0.15) is 37.4 Å². The van der Waals surface area contributed by atoms with Crippen LogP contribution in [0.4, 0.5) is 0 Å². The molecule has 0 aliphatic carbocycles. The van der Waals surface area contributed by atoms with Crippen molar-refractivity contribution in [1.29, 1.82) is 0 Å². The summed E-state index contributed by atoms with van der Waals surface area (Å²) in [6.07, 6.45) is 3.21. The fraction of sp³-hybridized carbons (Fsp3) is 0.769. The Morgan fingerprint density at radius 3 is 3.12 bits per heavy atom. The summed E-state index contributed by atoms with van der Waals surface area (Å²) in [5, 5.41) is 13.0. The minimum atomic E-state index is -0.175. The zero-order valence-corrected chi connectivity index (χ0v) is 11.5. The summed E-state index contributed by atoms with van der Waals surface area (Å²) in [5.41, 5.74) is 1.20. The third-order valence-corrected chi connectivity index (χ3v) is 4.40. The maximum Gasteiger partial charge on any atom is 0.0928 e. The molecule has 0 spiro atoms. The molecule has 96 valence electrons. The van der Waals surface area contributed by atoms with E-state index in [4.69, 9.17) is 0 Å². The maximum absolute atomic E-state index is 9.57. The molecule has 2 heterocycles. The van der Waals surface area contributed by atoms with Crippen molar-refractivity contribution in [2.75, 3.05) is 13.1 Å². The summed E-state index contributed by atoms with van der Waals surface area (Å²) < 4.78 is 0. The molecule has 1 N–H and O–H groups in total. The van der Waals surface area contributed by atoms with E-state index in [1.54, 1.807) is 11.3 Å². The van der Waals surface area contributed by atoms with E-state index in [9.17, 15) is 5.11 Å². The van der Waals surface area contributed by atoms with E-state index in [1.165, 1.54) is 17.1 Å². The summed E-state index contributed by atoms with van der Waals surface area (Å²) >= 11 is 1.78. The summed E-state index contributed by atoms with van der Waals surface area (Å²) in [5.74, 6) is 0.448. The van der Waals surface area contributed by atoms with E-state index in [-0.39, 0.29) is 6.10 Å². The summed E-state index contributed by atoms with van der Waals surface area (Å²) in [4.78, 5) is 7.05. The highest BCUT2D eigenvalue weighted by Gasteiger charge is 2.26. The fourth-order valence-electron chi connectivity index (χ4n) is 2.38. The standard InChI is InChI=1S/C13H22N2OS/c1-3-4-13-14-12(9-17-13)8-15-6-5-11(7-15)10(2)16/h9-11,16H,3-8H2,1-2H3. The van der Waals surface area contributed by atoms with Crippen LogP contribution in [0, 0.1) is 5.92 Å². The number of rotatable bonds is 5. The van der Waals surface area contributed by atoms with Gasteiger partial charge in [0.2, 0.25) is 0 Å². The molecule has 2 unspecified atom stereocenters. The van der Waals surface area contributed by atoms with Crippen LogP contribution in [-0.4, -0.2) is 34.2 Å². The molecule has 0 aromatic carbocycles. The van der Waals surface area contributed by atoms with Gasteiger partial charge in [-0.05, 0) is 38.6 Å². The maximum atomic E-state index is 9.57. The molecular formula is C13H22N2OS. The van der Waals surface area contributed by atoms with Crippen molar-refractivity contribution in [3.8, 4) is 0 Å². The number of hydrogen-bond acceptors (Lipinski definition) is 4.